The van der Waals surface area contributed by atoms with Crippen LogP contribution in [-0.2, 0) is 11.3 Å². The van der Waals surface area contributed by atoms with Crippen LogP contribution in [0.25, 0.3) is 0 Å². The Kier molecular flexibility index (Phi) is 6.55. The minimum Gasteiger partial charge on any atom is -0.491 e. The monoisotopic (exact) mass is 353 g/mol. The van der Waals surface area contributed by atoms with Crippen LogP contribution in [0.3, 0.4) is 0 Å². The number of rotatable bonds is 7. The normalized spacial score (nSPS) is 10.5. The Balaban J connectivity index is 1.79. The fourth-order valence-electron chi connectivity index (χ4n) is 2.17. The highest BCUT2D eigenvalue weighted by atomic mass is 35.5. The highest BCUT2D eigenvalue weighted by molar-refractivity contribution is 6.31. The molecule has 0 aliphatic rings. The molecule has 0 atom stereocenters. The Morgan fingerprint density at radius 2 is 1.83 bits per heavy atom. The predicted molar refractivity (Wildman–Crippen MR) is 89.0 cm³/mol. The van der Waals surface area contributed by atoms with Crippen molar-refractivity contribution >= 4 is 17.5 Å². The standard InChI is InChI=1S/C18H18ClF2NO2/c1-22(12-13-14(19)6-4-8-15(13)20)18(23)10-5-11-24-17-9-3-2-7-16(17)21/h2-4,6-9H,5,10-12H2,1H3. The molecule has 2 rings (SSSR count). The van der Waals surface area contributed by atoms with Crippen LogP contribution in [0.1, 0.15) is 18.4 Å². The first-order chi connectivity index (χ1) is 11.5. The van der Waals surface area contributed by atoms with Crippen molar-refractivity contribution in [2.75, 3.05) is 13.7 Å². The van der Waals surface area contributed by atoms with E-state index in [1.54, 1.807) is 25.2 Å². The van der Waals surface area contributed by atoms with E-state index in [4.69, 9.17) is 16.3 Å². The number of nitrogens with zero attached hydrogens (tertiary/aromatic N) is 1. The lowest BCUT2D eigenvalue weighted by molar-refractivity contribution is -0.130. The number of carbonyl (C=O) groups is 1. The van der Waals surface area contributed by atoms with Crippen molar-refractivity contribution in [3.05, 3.63) is 64.7 Å². The second-order valence-electron chi connectivity index (χ2n) is 5.33. The van der Waals surface area contributed by atoms with Crippen molar-refractivity contribution in [3.63, 3.8) is 0 Å². The van der Waals surface area contributed by atoms with E-state index in [2.05, 4.69) is 0 Å². The summed E-state index contributed by atoms with van der Waals surface area (Å²) in [5.74, 6) is -0.872. The van der Waals surface area contributed by atoms with E-state index < -0.39 is 11.6 Å². The Morgan fingerprint density at radius 1 is 1.12 bits per heavy atom. The summed E-state index contributed by atoms with van der Waals surface area (Å²) in [6.45, 7) is 0.319. The molecule has 0 spiro atoms. The van der Waals surface area contributed by atoms with Crippen LogP contribution in [0.2, 0.25) is 5.02 Å². The molecule has 24 heavy (non-hydrogen) atoms. The van der Waals surface area contributed by atoms with Crippen LogP contribution in [0.15, 0.2) is 42.5 Å². The molecule has 2 aromatic carbocycles. The SMILES string of the molecule is CN(Cc1c(F)cccc1Cl)C(=O)CCCOc1ccccc1F. The third-order valence-electron chi connectivity index (χ3n) is 3.51. The molecule has 128 valence electrons. The molecule has 0 heterocycles. The maximum absolute atomic E-state index is 13.7. The van der Waals surface area contributed by atoms with Gasteiger partial charge in [-0.25, -0.2) is 8.78 Å². The van der Waals surface area contributed by atoms with Crippen LogP contribution in [0.5, 0.6) is 5.75 Å². The summed E-state index contributed by atoms with van der Waals surface area (Å²) < 4.78 is 32.4. The summed E-state index contributed by atoms with van der Waals surface area (Å²) in [7, 11) is 1.59. The summed E-state index contributed by atoms with van der Waals surface area (Å²) in [6, 6.07) is 10.5. The van der Waals surface area contributed by atoms with Gasteiger partial charge in [0.2, 0.25) is 5.91 Å². The second kappa shape index (κ2) is 8.64. The summed E-state index contributed by atoms with van der Waals surface area (Å²) >= 11 is 5.95. The zero-order chi connectivity index (χ0) is 17.5. The molecule has 0 aliphatic heterocycles. The van der Waals surface area contributed by atoms with Gasteiger partial charge in [-0.15, -0.1) is 0 Å². The van der Waals surface area contributed by atoms with Gasteiger partial charge in [0.05, 0.1) is 6.61 Å². The summed E-state index contributed by atoms with van der Waals surface area (Å²) in [6.07, 6.45) is 0.652. The molecule has 0 unspecified atom stereocenters. The molecule has 6 heteroatoms. The first-order valence-electron chi connectivity index (χ1n) is 7.53. The van der Waals surface area contributed by atoms with E-state index in [9.17, 15) is 13.6 Å². The van der Waals surface area contributed by atoms with Crippen molar-refractivity contribution in [2.24, 2.45) is 0 Å². The quantitative estimate of drug-likeness (QED) is 0.689. The summed E-state index contributed by atoms with van der Waals surface area (Å²) in [5, 5.41) is 0.289. The molecular weight excluding hydrogens is 336 g/mol. The molecule has 0 saturated heterocycles. The fraction of sp³-hybridized carbons (Fsp3) is 0.278. The lowest BCUT2D eigenvalue weighted by atomic mass is 10.2. The lowest BCUT2D eigenvalue weighted by Gasteiger charge is -2.18. The molecule has 2 aromatic rings. The van der Waals surface area contributed by atoms with Gasteiger partial charge in [0, 0.05) is 30.6 Å². The van der Waals surface area contributed by atoms with Gasteiger partial charge >= 0.3 is 0 Å². The minimum atomic E-state index is -0.440. The Morgan fingerprint density at radius 3 is 2.54 bits per heavy atom. The number of halogens is 3. The molecular formula is C18H18ClF2NO2. The Hall–Kier alpha value is -2.14. The van der Waals surface area contributed by atoms with Crippen molar-refractivity contribution in [1.29, 1.82) is 0 Å². The van der Waals surface area contributed by atoms with Crippen LogP contribution in [0, 0.1) is 11.6 Å². The van der Waals surface area contributed by atoms with Gasteiger partial charge < -0.3 is 9.64 Å². The number of amides is 1. The van der Waals surface area contributed by atoms with Gasteiger partial charge in [-0.2, -0.15) is 0 Å². The van der Waals surface area contributed by atoms with Crippen LogP contribution in [0.4, 0.5) is 8.78 Å². The van der Waals surface area contributed by atoms with Gasteiger partial charge in [0.25, 0.3) is 0 Å². The Bertz CT molecular complexity index is 689. The average Bonchev–Trinajstić information content (AvgIpc) is 2.56. The molecule has 0 radical (unpaired) electrons. The first kappa shape index (κ1) is 18.2. The van der Waals surface area contributed by atoms with E-state index in [0.717, 1.165) is 0 Å². The Labute approximate surface area is 144 Å². The van der Waals surface area contributed by atoms with Crippen LogP contribution in [-0.4, -0.2) is 24.5 Å². The third kappa shape index (κ3) is 4.93. The van der Waals surface area contributed by atoms with Crippen molar-refractivity contribution in [1.82, 2.24) is 4.90 Å². The van der Waals surface area contributed by atoms with E-state index >= 15 is 0 Å². The average molecular weight is 354 g/mol. The van der Waals surface area contributed by atoms with Crippen molar-refractivity contribution in [3.8, 4) is 5.75 Å². The zero-order valence-corrected chi connectivity index (χ0v) is 14.0. The van der Waals surface area contributed by atoms with Gasteiger partial charge in [0.1, 0.15) is 5.82 Å². The molecule has 0 bridgehead atoms. The van der Waals surface area contributed by atoms with Gasteiger partial charge in [-0.3, -0.25) is 4.79 Å². The first-order valence-corrected chi connectivity index (χ1v) is 7.91. The summed E-state index contributed by atoms with van der Waals surface area (Å²) in [4.78, 5) is 13.5. The molecule has 0 aliphatic carbocycles. The van der Waals surface area contributed by atoms with Gasteiger partial charge in [0.15, 0.2) is 11.6 Å². The summed E-state index contributed by atoms with van der Waals surface area (Å²) in [5.41, 5.74) is 0.289. The van der Waals surface area contributed by atoms with Crippen LogP contribution >= 0.6 is 11.6 Å². The zero-order valence-electron chi connectivity index (χ0n) is 13.3. The molecule has 0 fully saturated rings. The topological polar surface area (TPSA) is 29.5 Å². The minimum absolute atomic E-state index is 0.0957. The molecule has 0 aromatic heterocycles. The van der Waals surface area contributed by atoms with Gasteiger partial charge in [-0.1, -0.05) is 29.8 Å². The largest absolute Gasteiger partial charge is 0.491 e. The highest BCUT2D eigenvalue weighted by Crippen LogP contribution is 2.21. The second-order valence-corrected chi connectivity index (χ2v) is 5.74. The highest BCUT2D eigenvalue weighted by Gasteiger charge is 2.14. The number of hydrogen-bond donors (Lipinski definition) is 0. The van der Waals surface area contributed by atoms with Crippen LogP contribution < -0.4 is 4.74 Å². The number of benzene rings is 2. The molecule has 0 saturated carbocycles. The number of para-hydroxylation sites is 1. The number of ether oxygens (including phenoxy) is 1. The van der Waals surface area contributed by atoms with E-state index in [0.29, 0.717) is 6.42 Å². The van der Waals surface area contributed by atoms with E-state index in [1.165, 1.54) is 29.2 Å². The maximum atomic E-state index is 13.7. The maximum Gasteiger partial charge on any atom is 0.222 e. The molecule has 1 amide bonds. The van der Waals surface area contributed by atoms with Crippen molar-refractivity contribution < 1.29 is 18.3 Å². The van der Waals surface area contributed by atoms with Crippen molar-refractivity contribution in [2.45, 2.75) is 19.4 Å². The van der Waals surface area contributed by atoms with E-state index in [1.807, 2.05) is 0 Å². The molecule has 3 nitrogen and oxygen atoms in total. The predicted octanol–water partition coefficient (Wildman–Crippen LogP) is 4.44. The van der Waals surface area contributed by atoms with Gasteiger partial charge in [-0.05, 0) is 30.7 Å². The smallest absolute Gasteiger partial charge is 0.222 e. The lowest BCUT2D eigenvalue weighted by Crippen LogP contribution is -2.27. The number of hydrogen-bond acceptors (Lipinski definition) is 2. The molecule has 0 N–H and O–H groups in total. The van der Waals surface area contributed by atoms with E-state index in [-0.39, 0.29) is 41.8 Å². The number of carbonyl (C=O) groups excluding carboxylic acids is 1. The fourth-order valence-corrected chi connectivity index (χ4v) is 2.39. The third-order valence-corrected chi connectivity index (χ3v) is 3.87.